The van der Waals surface area contributed by atoms with Crippen LogP contribution in [0.5, 0.6) is 0 Å². The predicted octanol–water partition coefficient (Wildman–Crippen LogP) is 10.1. The van der Waals surface area contributed by atoms with Gasteiger partial charge in [-0.05, 0) is 67.5 Å². The molecule has 0 amide bonds. The van der Waals surface area contributed by atoms with Gasteiger partial charge in [0, 0.05) is 48.1 Å². The number of nitro groups is 2. The zero-order chi connectivity index (χ0) is 35.3. The Kier molecular flexibility index (Phi) is 9.38. The number of nitro benzene ring substituents is 2. The van der Waals surface area contributed by atoms with Gasteiger partial charge in [-0.2, -0.15) is 0 Å². The van der Waals surface area contributed by atoms with Crippen molar-refractivity contribution >= 4 is 46.0 Å². The molecule has 2 fully saturated rings. The summed E-state index contributed by atoms with van der Waals surface area (Å²) in [5.41, 5.74) is -2.07. The molecule has 2 aliphatic heterocycles. The molecule has 0 N–H and O–H groups in total. The highest BCUT2D eigenvalue weighted by Gasteiger charge is 2.41. The van der Waals surface area contributed by atoms with Crippen molar-refractivity contribution in [3.05, 3.63) is 136 Å². The summed E-state index contributed by atoms with van der Waals surface area (Å²) >= 11 is 11.8. The number of hydrogen-bond acceptors (Lipinski definition) is 6. The Labute approximate surface area is 284 Å². The van der Waals surface area contributed by atoms with E-state index in [4.69, 9.17) is 23.2 Å². The molecule has 2 atom stereocenters. The average molecular weight is 725 g/mol. The van der Waals surface area contributed by atoms with Gasteiger partial charge in [-0.1, -0.05) is 29.3 Å². The number of nitrogens with zero attached hydrogens (tertiary/aromatic N) is 4. The van der Waals surface area contributed by atoms with Gasteiger partial charge in [-0.3, -0.25) is 20.2 Å². The lowest BCUT2D eigenvalue weighted by Gasteiger charge is -2.36. The van der Waals surface area contributed by atoms with Crippen molar-refractivity contribution in [3.8, 4) is 0 Å². The summed E-state index contributed by atoms with van der Waals surface area (Å²) < 4.78 is 90.6. The van der Waals surface area contributed by atoms with E-state index in [9.17, 15) is 29.0 Å². The topological polar surface area (TPSA) is 92.8 Å². The van der Waals surface area contributed by atoms with Gasteiger partial charge >= 0.3 is 0 Å². The summed E-state index contributed by atoms with van der Waals surface area (Å²) in [4.78, 5) is 24.3. The Hall–Kier alpha value is -4.56. The minimum Gasteiger partial charge on any atom is -0.367 e. The highest BCUT2D eigenvalue weighted by atomic mass is 35.5. The summed E-state index contributed by atoms with van der Waals surface area (Å²) in [6.07, 6.45) is 0.606. The number of hydrogen-bond donors (Lipinski definition) is 0. The second-order valence-corrected chi connectivity index (χ2v) is 12.7. The van der Waals surface area contributed by atoms with Crippen LogP contribution in [-0.2, 0) is 0 Å². The van der Waals surface area contributed by atoms with Crippen LogP contribution < -0.4 is 9.80 Å². The summed E-state index contributed by atoms with van der Waals surface area (Å²) in [5.74, 6) is -5.74. The van der Waals surface area contributed by atoms with Gasteiger partial charge in [0.25, 0.3) is 11.4 Å². The fraction of sp³-hybridized carbons (Fsp3) is 0.273. The van der Waals surface area contributed by atoms with E-state index in [2.05, 4.69) is 0 Å². The number of benzene rings is 4. The highest BCUT2D eigenvalue weighted by Crippen LogP contribution is 2.51. The molecule has 4 aromatic rings. The summed E-state index contributed by atoms with van der Waals surface area (Å²) in [6, 6.07) is 6.15. The molecular formula is C33H24Cl2F6N4O4. The Morgan fingerprint density at radius 3 is 1.53 bits per heavy atom. The summed E-state index contributed by atoms with van der Waals surface area (Å²) in [5, 5.41) is 22.3. The van der Waals surface area contributed by atoms with Gasteiger partial charge in [0.2, 0.25) is 0 Å². The summed E-state index contributed by atoms with van der Waals surface area (Å²) in [7, 11) is 0. The quantitative estimate of drug-likeness (QED) is 0.107. The number of piperidine rings is 1. The van der Waals surface area contributed by atoms with Crippen molar-refractivity contribution in [2.45, 2.75) is 43.7 Å². The molecule has 0 spiro atoms. The van der Waals surface area contributed by atoms with Crippen LogP contribution >= 0.6 is 23.2 Å². The van der Waals surface area contributed by atoms with E-state index in [-0.39, 0.29) is 48.7 Å². The van der Waals surface area contributed by atoms with Crippen molar-refractivity contribution in [3.63, 3.8) is 0 Å². The molecule has 0 aliphatic carbocycles. The molecule has 16 heteroatoms. The fourth-order valence-corrected chi connectivity index (χ4v) is 7.37. The molecule has 0 saturated carbocycles. The maximum atomic E-state index is 16.0. The Morgan fingerprint density at radius 1 is 0.612 bits per heavy atom. The van der Waals surface area contributed by atoms with Crippen molar-refractivity contribution in [2.24, 2.45) is 0 Å². The Bertz CT molecular complexity index is 1890. The van der Waals surface area contributed by atoms with Crippen molar-refractivity contribution < 1.29 is 36.2 Å². The van der Waals surface area contributed by atoms with Crippen molar-refractivity contribution in [1.82, 2.24) is 0 Å². The first-order chi connectivity index (χ1) is 23.2. The minimum atomic E-state index is -1.15. The van der Waals surface area contributed by atoms with Gasteiger partial charge in [0.05, 0.1) is 21.9 Å². The number of halogens is 8. The standard InChI is InChI=1S/C33H24Cl2F6N4O4/c34-22-14-25(38)20(12-31(22)44(46)47)29-3-4-30(21-13-32(45(48)49)23(35)15-26(21)39)43(29)18-10-27(40)33(28(41)11-18)42-7-5-16(6-8-42)19-2-1-17(36)9-24(19)37/h1-2,9-16,29-30H,3-8H2/t29-,30-/m1/s1. The van der Waals surface area contributed by atoms with E-state index >= 15 is 17.6 Å². The van der Waals surface area contributed by atoms with Crippen LogP contribution in [-0.4, -0.2) is 22.9 Å². The minimum absolute atomic E-state index is 0.00527. The molecule has 2 aliphatic rings. The van der Waals surface area contributed by atoms with Gasteiger partial charge in [0.15, 0.2) is 11.6 Å². The second kappa shape index (κ2) is 13.4. The van der Waals surface area contributed by atoms with Crippen LogP contribution in [0.3, 0.4) is 0 Å². The SMILES string of the molecule is O=[N+]([O-])c1cc([C@H]2CC[C@H](c3cc([N+](=O)[O-])c(Cl)cc3F)N2c2cc(F)c(N3CCC(c4ccc(F)cc4F)CC3)c(F)c2)c(F)cc1Cl. The van der Waals surface area contributed by atoms with Crippen LogP contribution in [0.2, 0.25) is 10.0 Å². The third kappa shape index (κ3) is 6.46. The highest BCUT2D eigenvalue weighted by molar-refractivity contribution is 6.33. The van der Waals surface area contributed by atoms with Crippen molar-refractivity contribution in [1.29, 1.82) is 0 Å². The zero-order valence-corrected chi connectivity index (χ0v) is 26.6. The molecule has 2 heterocycles. The van der Waals surface area contributed by atoms with Gasteiger partial charge in [-0.25, -0.2) is 26.3 Å². The molecule has 0 unspecified atom stereocenters. The second-order valence-electron chi connectivity index (χ2n) is 11.9. The predicted molar refractivity (Wildman–Crippen MR) is 170 cm³/mol. The molecule has 4 aromatic carbocycles. The molecule has 6 rings (SSSR count). The normalized spacial score (nSPS) is 18.3. The zero-order valence-electron chi connectivity index (χ0n) is 25.1. The Balaban J connectivity index is 1.40. The molecule has 0 aromatic heterocycles. The first kappa shape index (κ1) is 34.3. The molecule has 49 heavy (non-hydrogen) atoms. The molecule has 0 bridgehead atoms. The van der Waals surface area contributed by atoms with E-state index in [0.29, 0.717) is 18.4 Å². The largest absolute Gasteiger partial charge is 0.367 e. The van der Waals surface area contributed by atoms with Crippen LogP contribution in [0.1, 0.15) is 60.4 Å². The van der Waals surface area contributed by atoms with E-state index in [1.165, 1.54) is 15.9 Å². The van der Waals surface area contributed by atoms with Crippen molar-refractivity contribution in [2.75, 3.05) is 22.9 Å². The first-order valence-electron chi connectivity index (χ1n) is 15.0. The number of rotatable bonds is 7. The molecule has 0 radical (unpaired) electrons. The molecular weight excluding hydrogens is 701 g/mol. The lowest BCUT2D eigenvalue weighted by atomic mass is 9.89. The molecule has 256 valence electrons. The van der Waals surface area contributed by atoms with E-state index in [0.717, 1.165) is 48.5 Å². The third-order valence-corrected chi connectivity index (χ3v) is 9.75. The van der Waals surface area contributed by atoms with Crippen LogP contribution in [0, 0.1) is 55.1 Å². The van der Waals surface area contributed by atoms with E-state index in [1.807, 2.05) is 0 Å². The monoisotopic (exact) mass is 724 g/mol. The lowest BCUT2D eigenvalue weighted by Crippen LogP contribution is -2.34. The third-order valence-electron chi connectivity index (χ3n) is 9.14. The molecule has 8 nitrogen and oxygen atoms in total. The fourth-order valence-electron chi connectivity index (χ4n) is 6.93. The maximum absolute atomic E-state index is 16.0. The van der Waals surface area contributed by atoms with E-state index in [1.54, 1.807) is 0 Å². The van der Waals surface area contributed by atoms with Gasteiger partial charge in [0.1, 0.15) is 39.0 Å². The van der Waals surface area contributed by atoms with Gasteiger partial charge in [-0.15, -0.1) is 0 Å². The van der Waals surface area contributed by atoms with Crippen LogP contribution in [0.4, 0.5) is 49.1 Å². The van der Waals surface area contributed by atoms with Gasteiger partial charge < -0.3 is 9.80 Å². The Morgan fingerprint density at radius 2 is 1.08 bits per heavy atom. The average Bonchev–Trinajstić information content (AvgIpc) is 3.45. The number of anilines is 2. The van der Waals surface area contributed by atoms with E-state index < -0.39 is 83.9 Å². The first-order valence-corrected chi connectivity index (χ1v) is 15.7. The lowest BCUT2D eigenvalue weighted by molar-refractivity contribution is -0.384. The summed E-state index contributed by atoms with van der Waals surface area (Å²) in [6.45, 7) is 0.256. The van der Waals surface area contributed by atoms with Crippen LogP contribution in [0.25, 0.3) is 0 Å². The maximum Gasteiger partial charge on any atom is 0.288 e. The van der Waals surface area contributed by atoms with Crippen LogP contribution in [0.15, 0.2) is 54.6 Å². The smallest absolute Gasteiger partial charge is 0.288 e. The molecule has 2 saturated heterocycles.